The summed E-state index contributed by atoms with van der Waals surface area (Å²) in [6, 6.07) is 6.61. The smallest absolute Gasteiger partial charge is 0.325 e. The van der Waals surface area contributed by atoms with Crippen LogP contribution in [-0.2, 0) is 4.79 Å². The van der Waals surface area contributed by atoms with Gasteiger partial charge >= 0.3 is 12.4 Å². The number of rotatable bonds is 2. The van der Waals surface area contributed by atoms with Crippen LogP contribution in [0.2, 0.25) is 0 Å². The maximum atomic E-state index is 12.6. The maximum Gasteiger partial charge on any atom is 0.411 e. The summed E-state index contributed by atoms with van der Waals surface area (Å²) in [5, 5.41) is 1.62. The highest BCUT2D eigenvalue weighted by Crippen LogP contribution is 2.50. The van der Waals surface area contributed by atoms with Crippen LogP contribution in [0.15, 0.2) is 30.3 Å². The SMILES string of the molecule is CC(C(=O)Nc1ccccc1)(C(F)(F)F)C(F)(F)F. The van der Waals surface area contributed by atoms with Crippen molar-refractivity contribution in [3.63, 3.8) is 0 Å². The summed E-state index contributed by atoms with van der Waals surface area (Å²) >= 11 is 0. The fourth-order valence-electron chi connectivity index (χ4n) is 1.20. The van der Waals surface area contributed by atoms with E-state index >= 15 is 0 Å². The zero-order valence-corrected chi connectivity index (χ0v) is 9.56. The molecule has 0 aliphatic heterocycles. The van der Waals surface area contributed by atoms with E-state index < -0.39 is 23.7 Å². The van der Waals surface area contributed by atoms with Crippen molar-refractivity contribution < 1.29 is 31.1 Å². The van der Waals surface area contributed by atoms with Gasteiger partial charge in [-0.05, 0) is 19.1 Å². The number of nitrogens with one attached hydrogen (secondary N) is 1. The number of hydrogen-bond donors (Lipinski definition) is 1. The summed E-state index contributed by atoms with van der Waals surface area (Å²) in [6.45, 7) is -0.189. The van der Waals surface area contributed by atoms with E-state index in [1.807, 2.05) is 0 Å². The largest absolute Gasteiger partial charge is 0.411 e. The number of anilines is 1. The Bertz CT molecular complexity index is 436. The molecule has 0 radical (unpaired) electrons. The molecule has 0 aromatic heterocycles. The van der Waals surface area contributed by atoms with Gasteiger partial charge in [-0.3, -0.25) is 4.79 Å². The summed E-state index contributed by atoms with van der Waals surface area (Å²) in [4.78, 5) is 11.4. The van der Waals surface area contributed by atoms with E-state index in [4.69, 9.17) is 0 Å². The van der Waals surface area contributed by atoms with Gasteiger partial charge in [0.15, 0.2) is 0 Å². The topological polar surface area (TPSA) is 29.1 Å². The quantitative estimate of drug-likeness (QED) is 0.824. The highest BCUT2D eigenvalue weighted by Gasteiger charge is 2.72. The number of amides is 1. The Balaban J connectivity index is 3.11. The highest BCUT2D eigenvalue weighted by molar-refractivity contribution is 5.96. The summed E-state index contributed by atoms with van der Waals surface area (Å²) in [7, 11) is 0. The van der Waals surface area contributed by atoms with E-state index in [0.717, 1.165) is 0 Å². The van der Waals surface area contributed by atoms with Crippen molar-refractivity contribution in [3.05, 3.63) is 30.3 Å². The lowest BCUT2D eigenvalue weighted by Crippen LogP contribution is -2.55. The van der Waals surface area contributed by atoms with Gasteiger partial charge in [0.1, 0.15) is 0 Å². The molecule has 8 heteroatoms. The van der Waals surface area contributed by atoms with Crippen LogP contribution in [0, 0.1) is 5.41 Å². The number of carbonyl (C=O) groups excluding carboxylic acids is 1. The van der Waals surface area contributed by atoms with Crippen molar-refractivity contribution in [2.75, 3.05) is 5.32 Å². The van der Waals surface area contributed by atoms with Crippen molar-refractivity contribution in [1.82, 2.24) is 0 Å². The third-order valence-electron chi connectivity index (χ3n) is 2.62. The second kappa shape index (κ2) is 4.75. The standard InChI is InChI=1S/C11H9F6NO/c1-9(10(12,13)14,11(15,16)17)8(19)18-7-5-3-2-4-6-7/h2-6H,1H3,(H,18,19). The average molecular weight is 285 g/mol. The van der Waals surface area contributed by atoms with Crippen molar-refractivity contribution in [1.29, 1.82) is 0 Å². The molecule has 1 aromatic carbocycles. The van der Waals surface area contributed by atoms with Crippen LogP contribution >= 0.6 is 0 Å². The molecule has 1 aromatic rings. The first-order valence-corrected chi connectivity index (χ1v) is 5.00. The van der Waals surface area contributed by atoms with Gasteiger partial charge in [-0.1, -0.05) is 18.2 Å². The number of carbonyl (C=O) groups is 1. The van der Waals surface area contributed by atoms with Crippen LogP contribution in [0.4, 0.5) is 32.0 Å². The predicted octanol–water partition coefficient (Wildman–Crippen LogP) is 3.76. The molecule has 0 saturated carbocycles. The zero-order valence-electron chi connectivity index (χ0n) is 9.56. The minimum absolute atomic E-state index is 0.146. The van der Waals surface area contributed by atoms with Crippen molar-refractivity contribution in [2.45, 2.75) is 19.3 Å². The molecule has 2 nitrogen and oxygen atoms in total. The third kappa shape index (κ3) is 2.82. The molecule has 0 fully saturated rings. The third-order valence-corrected chi connectivity index (χ3v) is 2.62. The van der Waals surface area contributed by atoms with Gasteiger partial charge in [0, 0.05) is 5.69 Å². The van der Waals surface area contributed by atoms with Gasteiger partial charge in [-0.15, -0.1) is 0 Å². The molecular weight excluding hydrogens is 276 g/mol. The van der Waals surface area contributed by atoms with Gasteiger partial charge in [0.2, 0.25) is 11.3 Å². The molecule has 1 rings (SSSR count). The normalized spacial score (nSPS) is 13.2. The number of benzene rings is 1. The van der Waals surface area contributed by atoms with E-state index in [-0.39, 0.29) is 12.6 Å². The van der Waals surface area contributed by atoms with Gasteiger partial charge in [0.05, 0.1) is 0 Å². The fourth-order valence-corrected chi connectivity index (χ4v) is 1.20. The Morgan fingerprint density at radius 3 is 1.74 bits per heavy atom. The lowest BCUT2D eigenvalue weighted by atomic mass is 9.87. The van der Waals surface area contributed by atoms with E-state index in [9.17, 15) is 31.1 Å². The molecule has 1 amide bonds. The molecule has 0 heterocycles. The second-order valence-electron chi connectivity index (χ2n) is 3.94. The van der Waals surface area contributed by atoms with E-state index in [2.05, 4.69) is 0 Å². The van der Waals surface area contributed by atoms with Crippen LogP contribution in [0.25, 0.3) is 0 Å². The fraction of sp³-hybridized carbons (Fsp3) is 0.364. The summed E-state index contributed by atoms with van der Waals surface area (Å²) < 4.78 is 75.4. The Morgan fingerprint density at radius 2 is 1.37 bits per heavy atom. The van der Waals surface area contributed by atoms with Gasteiger partial charge in [0.25, 0.3) is 0 Å². The van der Waals surface area contributed by atoms with Crippen LogP contribution in [0.1, 0.15) is 6.92 Å². The molecule has 106 valence electrons. The molecule has 0 bridgehead atoms. The Hall–Kier alpha value is -1.73. The predicted molar refractivity (Wildman–Crippen MR) is 55.3 cm³/mol. The minimum Gasteiger partial charge on any atom is -0.325 e. The van der Waals surface area contributed by atoms with E-state index in [0.29, 0.717) is 0 Å². The van der Waals surface area contributed by atoms with Gasteiger partial charge in [-0.2, -0.15) is 26.3 Å². The van der Waals surface area contributed by atoms with E-state index in [1.54, 1.807) is 5.32 Å². The first-order valence-electron chi connectivity index (χ1n) is 5.00. The summed E-state index contributed by atoms with van der Waals surface area (Å²) in [5.41, 5.74) is -4.61. The van der Waals surface area contributed by atoms with E-state index in [1.165, 1.54) is 30.3 Å². The number of halogens is 6. The molecule has 0 saturated heterocycles. The Morgan fingerprint density at radius 1 is 0.947 bits per heavy atom. The first-order chi connectivity index (χ1) is 8.50. The number of para-hydroxylation sites is 1. The lowest BCUT2D eigenvalue weighted by molar-refractivity contribution is -0.317. The van der Waals surface area contributed by atoms with Crippen molar-refractivity contribution in [3.8, 4) is 0 Å². The molecule has 1 N–H and O–H groups in total. The first kappa shape index (κ1) is 15.3. The zero-order chi connectivity index (χ0) is 14.9. The minimum atomic E-state index is -5.75. The van der Waals surface area contributed by atoms with Crippen LogP contribution in [0.5, 0.6) is 0 Å². The van der Waals surface area contributed by atoms with Crippen LogP contribution in [-0.4, -0.2) is 18.3 Å². The average Bonchev–Trinajstić information content (AvgIpc) is 2.26. The molecule has 0 atom stereocenters. The summed E-state index contributed by atoms with van der Waals surface area (Å²) in [6.07, 6.45) is -11.5. The highest BCUT2D eigenvalue weighted by atomic mass is 19.4. The molecule has 19 heavy (non-hydrogen) atoms. The number of alkyl halides is 6. The van der Waals surface area contributed by atoms with Gasteiger partial charge in [-0.25, -0.2) is 0 Å². The van der Waals surface area contributed by atoms with Gasteiger partial charge < -0.3 is 5.32 Å². The molecule has 0 aliphatic rings. The monoisotopic (exact) mass is 285 g/mol. The van der Waals surface area contributed by atoms with Crippen molar-refractivity contribution in [2.24, 2.45) is 5.41 Å². The number of hydrogen-bond acceptors (Lipinski definition) is 1. The Kier molecular flexibility index (Phi) is 3.83. The molecule has 0 unspecified atom stereocenters. The van der Waals surface area contributed by atoms with Crippen LogP contribution < -0.4 is 5.32 Å². The molecule has 0 spiro atoms. The second-order valence-corrected chi connectivity index (χ2v) is 3.94. The maximum absolute atomic E-state index is 12.6. The van der Waals surface area contributed by atoms with Crippen molar-refractivity contribution >= 4 is 11.6 Å². The molecule has 0 aliphatic carbocycles. The lowest BCUT2D eigenvalue weighted by Gasteiger charge is -2.32. The Labute approximate surface area is 104 Å². The van der Waals surface area contributed by atoms with Crippen LogP contribution in [0.3, 0.4) is 0 Å². The molecular formula is C11H9F6NO. The summed E-state index contributed by atoms with van der Waals surface area (Å²) in [5.74, 6) is -2.17.